The van der Waals surface area contributed by atoms with E-state index in [-0.39, 0.29) is 18.3 Å². The summed E-state index contributed by atoms with van der Waals surface area (Å²) in [5.74, 6) is 0.404. The van der Waals surface area contributed by atoms with Gasteiger partial charge in [0.05, 0.1) is 7.11 Å². The average molecular weight is 407 g/mol. The highest BCUT2D eigenvalue weighted by Gasteiger charge is 2.13. The quantitative estimate of drug-likeness (QED) is 0.528. The molecule has 0 aliphatic rings. The lowest BCUT2D eigenvalue weighted by molar-refractivity contribution is -0.132. The van der Waals surface area contributed by atoms with E-state index >= 15 is 0 Å². The summed E-state index contributed by atoms with van der Waals surface area (Å²) < 4.78 is 23.9. The van der Waals surface area contributed by atoms with Crippen molar-refractivity contribution in [3.8, 4) is 11.5 Å². The van der Waals surface area contributed by atoms with Crippen molar-refractivity contribution >= 4 is 11.7 Å². The molecule has 5 nitrogen and oxygen atoms in total. The summed E-state index contributed by atoms with van der Waals surface area (Å²) >= 11 is 0. The number of hydrogen-bond acceptors (Lipinski definition) is 4. The minimum absolute atomic E-state index is 0.128. The van der Waals surface area contributed by atoms with Gasteiger partial charge >= 0.3 is 0 Å². The number of nitrogens with zero attached hydrogens (tertiary/aromatic N) is 1. The molecule has 154 valence electrons. The molecule has 3 aromatic carbocycles. The first-order chi connectivity index (χ1) is 14.5. The van der Waals surface area contributed by atoms with Gasteiger partial charge in [-0.2, -0.15) is 0 Å². The van der Waals surface area contributed by atoms with Gasteiger partial charge in [0.25, 0.3) is 5.91 Å². The number of carbonyl (C=O) groups is 2. The van der Waals surface area contributed by atoms with Gasteiger partial charge in [0.2, 0.25) is 0 Å². The highest BCUT2D eigenvalue weighted by atomic mass is 19.1. The van der Waals surface area contributed by atoms with Gasteiger partial charge in [-0.3, -0.25) is 9.59 Å². The molecule has 0 bridgehead atoms. The van der Waals surface area contributed by atoms with Gasteiger partial charge in [-0.1, -0.05) is 18.2 Å². The fourth-order valence-electron chi connectivity index (χ4n) is 2.90. The van der Waals surface area contributed by atoms with Gasteiger partial charge in [0, 0.05) is 30.3 Å². The van der Waals surface area contributed by atoms with Crippen LogP contribution in [0.5, 0.6) is 11.5 Å². The summed E-state index contributed by atoms with van der Waals surface area (Å²) in [4.78, 5) is 26.4. The van der Waals surface area contributed by atoms with Crippen molar-refractivity contribution in [1.29, 1.82) is 0 Å². The van der Waals surface area contributed by atoms with Crippen LogP contribution >= 0.6 is 0 Å². The third-order valence-electron chi connectivity index (χ3n) is 4.61. The molecule has 0 saturated heterocycles. The first-order valence-electron chi connectivity index (χ1n) is 9.37. The predicted molar refractivity (Wildman–Crippen MR) is 111 cm³/mol. The molecule has 0 aliphatic carbocycles. The van der Waals surface area contributed by atoms with Crippen LogP contribution < -0.4 is 9.47 Å². The van der Waals surface area contributed by atoms with E-state index in [0.29, 0.717) is 23.4 Å². The van der Waals surface area contributed by atoms with E-state index in [2.05, 4.69) is 0 Å². The van der Waals surface area contributed by atoms with Crippen LogP contribution in [0.2, 0.25) is 0 Å². The van der Waals surface area contributed by atoms with E-state index in [1.54, 1.807) is 43.3 Å². The van der Waals surface area contributed by atoms with Gasteiger partial charge < -0.3 is 14.4 Å². The monoisotopic (exact) mass is 407 g/mol. The first-order valence-corrected chi connectivity index (χ1v) is 9.37. The molecular formula is C24H22FNO4. The minimum atomic E-state index is -0.393. The Hall–Kier alpha value is -3.67. The molecule has 3 rings (SSSR count). The number of likely N-dealkylation sites (N-methyl/N-ethyl adjacent to an activating group) is 1. The van der Waals surface area contributed by atoms with Crippen LogP contribution in [0.25, 0.3) is 0 Å². The van der Waals surface area contributed by atoms with Crippen LogP contribution in [-0.4, -0.2) is 37.4 Å². The maximum atomic E-state index is 13.0. The molecule has 0 unspecified atom stereocenters. The summed E-state index contributed by atoms with van der Waals surface area (Å²) in [5.41, 5.74) is 1.76. The Bertz CT molecular complexity index is 1020. The van der Waals surface area contributed by atoms with E-state index in [9.17, 15) is 14.0 Å². The summed E-state index contributed by atoms with van der Waals surface area (Å²) in [7, 11) is 3.29. The Morgan fingerprint density at radius 1 is 0.900 bits per heavy atom. The van der Waals surface area contributed by atoms with E-state index in [1.165, 1.54) is 24.3 Å². The fourth-order valence-corrected chi connectivity index (χ4v) is 2.90. The van der Waals surface area contributed by atoms with Gasteiger partial charge in [0.1, 0.15) is 17.3 Å². The van der Waals surface area contributed by atoms with Gasteiger partial charge in [0.15, 0.2) is 12.4 Å². The van der Waals surface area contributed by atoms with E-state index in [1.807, 2.05) is 24.3 Å². The number of para-hydroxylation sites is 1. The number of rotatable bonds is 8. The van der Waals surface area contributed by atoms with E-state index < -0.39 is 5.82 Å². The fraction of sp³-hybridized carbons (Fsp3) is 0.167. The van der Waals surface area contributed by atoms with Crippen molar-refractivity contribution in [2.24, 2.45) is 0 Å². The number of hydrogen-bond donors (Lipinski definition) is 0. The number of amides is 1. The van der Waals surface area contributed by atoms with Crippen molar-refractivity contribution in [1.82, 2.24) is 4.90 Å². The molecule has 6 heteroatoms. The number of ketones is 1. The maximum absolute atomic E-state index is 13.0. The first kappa shape index (κ1) is 21.0. The SMILES string of the molecule is COc1ccccc1CN(C)C(=O)COc1ccc(C(=O)c2ccc(F)cc2)cc1. The van der Waals surface area contributed by atoms with Crippen LogP contribution in [0, 0.1) is 5.82 Å². The van der Waals surface area contributed by atoms with Gasteiger partial charge in [-0.15, -0.1) is 0 Å². The zero-order chi connectivity index (χ0) is 21.5. The smallest absolute Gasteiger partial charge is 0.260 e. The number of carbonyl (C=O) groups excluding carboxylic acids is 2. The lowest BCUT2D eigenvalue weighted by atomic mass is 10.0. The predicted octanol–water partition coefficient (Wildman–Crippen LogP) is 4.10. The Morgan fingerprint density at radius 3 is 2.13 bits per heavy atom. The molecule has 0 aromatic heterocycles. The molecular weight excluding hydrogens is 385 g/mol. The van der Waals surface area contributed by atoms with E-state index in [4.69, 9.17) is 9.47 Å². The summed E-state index contributed by atoms with van der Waals surface area (Å²) in [6.07, 6.45) is 0. The summed E-state index contributed by atoms with van der Waals surface area (Å²) in [5, 5.41) is 0. The van der Waals surface area contributed by atoms with Crippen molar-refractivity contribution in [2.75, 3.05) is 20.8 Å². The molecule has 1 amide bonds. The number of ether oxygens (including phenoxy) is 2. The Balaban J connectivity index is 1.56. The standard InChI is InChI=1S/C24H22FNO4/c1-26(15-19-5-3-4-6-22(19)29-2)23(27)16-30-21-13-9-18(10-14-21)24(28)17-7-11-20(25)12-8-17/h3-14H,15-16H2,1-2H3. The maximum Gasteiger partial charge on any atom is 0.260 e. The molecule has 30 heavy (non-hydrogen) atoms. The highest BCUT2D eigenvalue weighted by Crippen LogP contribution is 2.19. The van der Waals surface area contributed by atoms with Crippen molar-refractivity contribution in [3.63, 3.8) is 0 Å². The van der Waals surface area contributed by atoms with Crippen LogP contribution in [0.3, 0.4) is 0 Å². The summed E-state index contributed by atoms with van der Waals surface area (Å²) in [6.45, 7) is 0.272. The Kier molecular flexibility index (Phi) is 6.80. The average Bonchev–Trinajstić information content (AvgIpc) is 2.78. The molecule has 0 radical (unpaired) electrons. The van der Waals surface area contributed by atoms with Crippen LogP contribution in [0.1, 0.15) is 21.5 Å². The zero-order valence-electron chi connectivity index (χ0n) is 16.8. The Morgan fingerprint density at radius 2 is 1.50 bits per heavy atom. The van der Waals surface area contributed by atoms with Crippen LogP contribution in [0.4, 0.5) is 4.39 Å². The molecule has 0 atom stereocenters. The minimum Gasteiger partial charge on any atom is -0.496 e. The molecule has 0 aliphatic heterocycles. The normalized spacial score (nSPS) is 10.4. The third kappa shape index (κ3) is 5.23. The van der Waals surface area contributed by atoms with Gasteiger partial charge in [-0.25, -0.2) is 4.39 Å². The molecule has 0 heterocycles. The molecule has 0 N–H and O–H groups in total. The van der Waals surface area contributed by atoms with Crippen LogP contribution in [-0.2, 0) is 11.3 Å². The molecule has 0 saturated carbocycles. The highest BCUT2D eigenvalue weighted by molar-refractivity contribution is 6.09. The number of methoxy groups -OCH3 is 1. The molecule has 0 spiro atoms. The number of benzene rings is 3. The second-order valence-electron chi connectivity index (χ2n) is 6.71. The van der Waals surface area contributed by atoms with Crippen molar-refractivity contribution in [2.45, 2.75) is 6.54 Å². The molecule has 0 fully saturated rings. The lowest BCUT2D eigenvalue weighted by Gasteiger charge is -2.19. The molecule has 3 aromatic rings. The van der Waals surface area contributed by atoms with Crippen LogP contribution in [0.15, 0.2) is 72.8 Å². The lowest BCUT2D eigenvalue weighted by Crippen LogP contribution is -2.31. The second kappa shape index (κ2) is 9.69. The topological polar surface area (TPSA) is 55.8 Å². The third-order valence-corrected chi connectivity index (χ3v) is 4.61. The number of halogens is 1. The zero-order valence-corrected chi connectivity index (χ0v) is 16.8. The Labute approximate surface area is 174 Å². The van der Waals surface area contributed by atoms with E-state index in [0.717, 1.165) is 11.3 Å². The largest absolute Gasteiger partial charge is 0.496 e. The van der Waals surface area contributed by atoms with Crippen molar-refractivity contribution < 1.29 is 23.5 Å². The second-order valence-corrected chi connectivity index (χ2v) is 6.71. The van der Waals surface area contributed by atoms with Crippen molar-refractivity contribution in [3.05, 3.63) is 95.3 Å². The summed E-state index contributed by atoms with van der Waals surface area (Å²) in [6, 6.07) is 19.4. The van der Waals surface area contributed by atoms with Gasteiger partial charge in [-0.05, 0) is 54.6 Å².